The van der Waals surface area contributed by atoms with Crippen LogP contribution in [0.5, 0.6) is 0 Å². The number of hydrogen-bond donors (Lipinski definition) is 0. The number of piperidine rings is 3. The highest BCUT2D eigenvalue weighted by Gasteiger charge is 2.40. The fourth-order valence-corrected chi connectivity index (χ4v) is 4.24. The average molecular weight is 243 g/mol. The van der Waals surface area contributed by atoms with E-state index in [0.717, 1.165) is 17.9 Å². The van der Waals surface area contributed by atoms with Crippen molar-refractivity contribution in [1.29, 1.82) is 0 Å². The quantitative estimate of drug-likeness (QED) is 0.725. The van der Waals surface area contributed by atoms with E-state index in [4.69, 9.17) is 0 Å². The summed E-state index contributed by atoms with van der Waals surface area (Å²) >= 11 is 0. The first kappa shape index (κ1) is 12.2. The van der Waals surface area contributed by atoms with Gasteiger partial charge in [0, 0.05) is 12.0 Å². The fourth-order valence-electron chi connectivity index (χ4n) is 4.24. The molecule has 0 amide bonds. The summed E-state index contributed by atoms with van der Waals surface area (Å²) in [4.78, 5) is 2.70. The number of hydrogen-bond acceptors (Lipinski definition) is 1. The minimum absolute atomic E-state index is 0.734. The van der Waals surface area contributed by atoms with Crippen molar-refractivity contribution >= 4 is 0 Å². The molecule has 0 radical (unpaired) electrons. The molecule has 0 saturated carbocycles. The molecule has 3 heterocycles. The van der Waals surface area contributed by atoms with Crippen LogP contribution in [0.4, 0.5) is 0 Å². The van der Waals surface area contributed by atoms with Crippen molar-refractivity contribution in [3.05, 3.63) is 34.4 Å². The molecule has 98 valence electrons. The number of nitrogens with zero attached hydrogens (tertiary/aromatic N) is 1. The molecule has 18 heavy (non-hydrogen) atoms. The van der Waals surface area contributed by atoms with Gasteiger partial charge in [0.05, 0.1) is 0 Å². The van der Waals surface area contributed by atoms with Crippen molar-refractivity contribution < 1.29 is 0 Å². The summed E-state index contributed by atoms with van der Waals surface area (Å²) < 4.78 is 0. The Labute approximate surface area is 111 Å². The lowest BCUT2D eigenvalue weighted by Gasteiger charge is -2.50. The van der Waals surface area contributed by atoms with E-state index in [2.05, 4.69) is 44.7 Å². The Balaban J connectivity index is 2.04. The Kier molecular flexibility index (Phi) is 2.97. The van der Waals surface area contributed by atoms with Gasteiger partial charge < -0.3 is 4.90 Å². The molecule has 3 aliphatic heterocycles. The minimum Gasteiger partial charge on any atom is -0.300 e. The molecule has 3 aliphatic rings. The highest BCUT2D eigenvalue weighted by molar-refractivity contribution is 5.41. The molecule has 1 aromatic carbocycles. The van der Waals surface area contributed by atoms with Gasteiger partial charge in [-0.3, -0.25) is 0 Å². The van der Waals surface area contributed by atoms with E-state index in [1.165, 1.54) is 42.6 Å². The largest absolute Gasteiger partial charge is 0.300 e. The van der Waals surface area contributed by atoms with Gasteiger partial charge in [0.25, 0.3) is 0 Å². The van der Waals surface area contributed by atoms with Crippen LogP contribution in [0.15, 0.2) is 12.1 Å². The Hall–Kier alpha value is -0.820. The van der Waals surface area contributed by atoms with E-state index in [1.54, 1.807) is 5.56 Å². The molecule has 1 nitrogen and oxygen atoms in total. The summed E-state index contributed by atoms with van der Waals surface area (Å²) in [7, 11) is 0. The summed E-state index contributed by atoms with van der Waals surface area (Å²) in [5, 5.41) is 0. The van der Waals surface area contributed by atoms with E-state index >= 15 is 0 Å². The molecular formula is C17H25N. The van der Waals surface area contributed by atoms with Gasteiger partial charge in [0.15, 0.2) is 0 Å². The minimum atomic E-state index is 0.734. The number of fused-ring (bicyclic) bond motifs is 3. The first-order chi connectivity index (χ1) is 8.58. The van der Waals surface area contributed by atoms with Crippen LogP contribution >= 0.6 is 0 Å². The first-order valence-electron chi connectivity index (χ1n) is 7.39. The number of benzene rings is 1. The second kappa shape index (κ2) is 4.38. The zero-order valence-electron chi connectivity index (χ0n) is 12.2. The lowest BCUT2D eigenvalue weighted by molar-refractivity contribution is 0.0347. The maximum atomic E-state index is 2.70. The van der Waals surface area contributed by atoms with E-state index < -0.39 is 0 Å². The van der Waals surface area contributed by atoms with Crippen LogP contribution in [-0.4, -0.2) is 24.0 Å². The lowest BCUT2D eigenvalue weighted by atomic mass is 9.69. The summed E-state index contributed by atoms with van der Waals surface area (Å²) in [6, 6.07) is 5.51. The van der Waals surface area contributed by atoms with Crippen molar-refractivity contribution in [3.8, 4) is 0 Å². The standard InChI is InChI=1S/C17H25N/c1-11-9-12(2)13(3)16(10-11)17-14(4)18-7-5-15(17)6-8-18/h9-10,14-15,17H,5-8H2,1-4H3. The van der Waals surface area contributed by atoms with E-state index in [9.17, 15) is 0 Å². The molecule has 2 unspecified atom stereocenters. The highest BCUT2D eigenvalue weighted by Crippen LogP contribution is 2.44. The molecule has 3 saturated heterocycles. The third-order valence-corrected chi connectivity index (χ3v) is 5.39. The molecule has 0 spiro atoms. The van der Waals surface area contributed by atoms with E-state index in [1.807, 2.05) is 0 Å². The Morgan fingerprint density at radius 3 is 2.33 bits per heavy atom. The third kappa shape index (κ3) is 1.80. The van der Waals surface area contributed by atoms with E-state index in [-0.39, 0.29) is 0 Å². The molecule has 3 fully saturated rings. The molecule has 0 aromatic heterocycles. The van der Waals surface area contributed by atoms with Crippen LogP contribution in [0, 0.1) is 26.7 Å². The van der Waals surface area contributed by atoms with Crippen molar-refractivity contribution in [3.63, 3.8) is 0 Å². The normalized spacial score (nSPS) is 34.9. The van der Waals surface area contributed by atoms with Crippen LogP contribution in [-0.2, 0) is 0 Å². The molecule has 0 N–H and O–H groups in total. The first-order valence-corrected chi connectivity index (χ1v) is 7.39. The fraction of sp³-hybridized carbons (Fsp3) is 0.647. The number of aryl methyl sites for hydroxylation is 2. The maximum absolute atomic E-state index is 2.70. The van der Waals surface area contributed by atoms with Gasteiger partial charge in [0.2, 0.25) is 0 Å². The van der Waals surface area contributed by atoms with Gasteiger partial charge >= 0.3 is 0 Å². The van der Waals surface area contributed by atoms with Gasteiger partial charge in [0.1, 0.15) is 0 Å². The van der Waals surface area contributed by atoms with Crippen LogP contribution in [0.3, 0.4) is 0 Å². The maximum Gasteiger partial charge on any atom is 0.0138 e. The second-order valence-electron chi connectivity index (χ2n) is 6.44. The second-order valence-corrected chi connectivity index (χ2v) is 6.44. The molecule has 2 bridgehead atoms. The molecule has 1 aromatic rings. The average Bonchev–Trinajstić information content (AvgIpc) is 2.36. The smallest absolute Gasteiger partial charge is 0.0138 e. The van der Waals surface area contributed by atoms with Gasteiger partial charge in [-0.25, -0.2) is 0 Å². The highest BCUT2D eigenvalue weighted by atomic mass is 15.2. The SMILES string of the molecule is Cc1cc(C)c(C)c(C2C3CCN(CC3)C2C)c1. The van der Waals surface area contributed by atoms with Crippen LogP contribution in [0.25, 0.3) is 0 Å². The zero-order valence-corrected chi connectivity index (χ0v) is 12.2. The third-order valence-electron chi connectivity index (χ3n) is 5.39. The summed E-state index contributed by atoms with van der Waals surface area (Å²) in [6.07, 6.45) is 2.81. The van der Waals surface area contributed by atoms with Crippen LogP contribution in [0.2, 0.25) is 0 Å². The Bertz CT molecular complexity index is 453. The van der Waals surface area contributed by atoms with Crippen LogP contribution in [0.1, 0.15) is 47.9 Å². The van der Waals surface area contributed by atoms with Crippen LogP contribution < -0.4 is 0 Å². The zero-order chi connectivity index (χ0) is 12.9. The van der Waals surface area contributed by atoms with Gasteiger partial charge in [-0.1, -0.05) is 17.7 Å². The Morgan fingerprint density at radius 2 is 1.72 bits per heavy atom. The molecule has 2 atom stereocenters. The van der Waals surface area contributed by atoms with E-state index in [0.29, 0.717) is 0 Å². The summed E-state index contributed by atoms with van der Waals surface area (Å²) in [6.45, 7) is 11.9. The molecule has 4 rings (SSSR count). The van der Waals surface area contributed by atoms with Crippen molar-refractivity contribution in [2.45, 2.75) is 52.5 Å². The summed E-state index contributed by atoms with van der Waals surface area (Å²) in [5.74, 6) is 1.69. The molecule has 1 heteroatoms. The number of rotatable bonds is 1. The lowest BCUT2D eigenvalue weighted by Crippen LogP contribution is -2.52. The van der Waals surface area contributed by atoms with Crippen molar-refractivity contribution in [2.24, 2.45) is 5.92 Å². The molecule has 0 aliphatic carbocycles. The monoisotopic (exact) mass is 243 g/mol. The molecular weight excluding hydrogens is 218 g/mol. The van der Waals surface area contributed by atoms with Gasteiger partial charge in [-0.05, 0) is 76.2 Å². The Morgan fingerprint density at radius 1 is 1.06 bits per heavy atom. The summed E-state index contributed by atoms with van der Waals surface area (Å²) in [5.41, 5.74) is 6.06. The predicted octanol–water partition coefficient (Wildman–Crippen LogP) is 3.81. The topological polar surface area (TPSA) is 3.24 Å². The predicted molar refractivity (Wildman–Crippen MR) is 77.2 cm³/mol. The van der Waals surface area contributed by atoms with Crippen molar-refractivity contribution in [2.75, 3.05) is 13.1 Å². The van der Waals surface area contributed by atoms with Gasteiger partial charge in [-0.2, -0.15) is 0 Å². The van der Waals surface area contributed by atoms with Crippen molar-refractivity contribution in [1.82, 2.24) is 4.90 Å². The van der Waals surface area contributed by atoms with Gasteiger partial charge in [-0.15, -0.1) is 0 Å².